The number of morpholine rings is 1. The highest BCUT2D eigenvalue weighted by Crippen LogP contribution is 2.38. The van der Waals surface area contributed by atoms with Gasteiger partial charge >= 0.3 is 0 Å². The fraction of sp³-hybridized carbons (Fsp3) is 0.708. The summed E-state index contributed by atoms with van der Waals surface area (Å²) in [6.45, 7) is 8.00. The van der Waals surface area contributed by atoms with Crippen LogP contribution in [0.15, 0.2) is 18.3 Å². The van der Waals surface area contributed by atoms with Crippen molar-refractivity contribution < 1.29 is 14.3 Å². The third-order valence-electron chi connectivity index (χ3n) is 7.55. The molecule has 1 aromatic rings. The summed E-state index contributed by atoms with van der Waals surface area (Å²) in [5.41, 5.74) is 0.612. The van der Waals surface area contributed by atoms with Gasteiger partial charge in [0, 0.05) is 57.9 Å². The van der Waals surface area contributed by atoms with Gasteiger partial charge in [-0.05, 0) is 56.2 Å². The van der Waals surface area contributed by atoms with E-state index < -0.39 is 0 Å². The van der Waals surface area contributed by atoms with Crippen molar-refractivity contribution in [3.63, 3.8) is 0 Å². The quantitative estimate of drug-likeness (QED) is 0.672. The zero-order chi connectivity index (χ0) is 21.9. The number of amides is 2. The van der Waals surface area contributed by atoms with E-state index in [1.54, 1.807) is 6.20 Å². The minimum absolute atomic E-state index is 0.0575. The van der Waals surface area contributed by atoms with Crippen molar-refractivity contribution in [3.8, 4) is 0 Å². The lowest BCUT2D eigenvalue weighted by molar-refractivity contribution is -0.142. The first-order valence-electron chi connectivity index (χ1n) is 12.3. The van der Waals surface area contributed by atoms with Crippen LogP contribution in [0.4, 0.5) is 5.82 Å². The smallest absolute Gasteiger partial charge is 0.252 e. The molecule has 0 aliphatic carbocycles. The van der Waals surface area contributed by atoms with E-state index in [2.05, 4.69) is 25.0 Å². The first-order chi connectivity index (χ1) is 15.7. The molecule has 1 aromatic heterocycles. The van der Waals surface area contributed by atoms with Gasteiger partial charge in [-0.15, -0.1) is 0 Å². The molecule has 3 atom stereocenters. The number of fused-ring (bicyclic) bond motifs is 4. The Morgan fingerprint density at radius 3 is 2.88 bits per heavy atom. The summed E-state index contributed by atoms with van der Waals surface area (Å²) in [6, 6.07) is 4.27. The summed E-state index contributed by atoms with van der Waals surface area (Å²) in [7, 11) is 0. The van der Waals surface area contributed by atoms with E-state index in [0.29, 0.717) is 35.9 Å². The SMILES string of the molecule is O=C(NCCCN1CCOCC1)c1ccc(N2CC3CC(C2)[C@H]2CCCC(=O)N2C3)nc1. The van der Waals surface area contributed by atoms with E-state index in [9.17, 15) is 9.59 Å². The molecule has 0 saturated carbocycles. The largest absolute Gasteiger partial charge is 0.379 e. The van der Waals surface area contributed by atoms with E-state index in [0.717, 1.165) is 84.0 Å². The van der Waals surface area contributed by atoms with E-state index in [4.69, 9.17) is 4.74 Å². The average molecular weight is 442 g/mol. The number of carbonyl (C=O) groups is 2. The number of piperidine rings is 3. The molecular formula is C24H35N5O3. The lowest BCUT2D eigenvalue weighted by Gasteiger charge is -2.52. The van der Waals surface area contributed by atoms with Gasteiger partial charge in [0.15, 0.2) is 0 Å². The van der Waals surface area contributed by atoms with Gasteiger partial charge in [-0.2, -0.15) is 0 Å². The van der Waals surface area contributed by atoms with Gasteiger partial charge in [-0.1, -0.05) is 0 Å². The minimum Gasteiger partial charge on any atom is -0.379 e. The summed E-state index contributed by atoms with van der Waals surface area (Å²) in [4.78, 5) is 36.4. The molecule has 0 spiro atoms. The molecular weight excluding hydrogens is 406 g/mol. The van der Waals surface area contributed by atoms with Crippen LogP contribution in [0.1, 0.15) is 42.5 Å². The number of hydrogen-bond acceptors (Lipinski definition) is 6. The monoisotopic (exact) mass is 441 g/mol. The normalized spacial score (nSPS) is 28.4. The van der Waals surface area contributed by atoms with Crippen molar-refractivity contribution in [2.45, 2.75) is 38.1 Å². The third kappa shape index (κ3) is 4.76. The van der Waals surface area contributed by atoms with Crippen LogP contribution >= 0.6 is 0 Å². The molecule has 2 amide bonds. The minimum atomic E-state index is -0.0575. The summed E-state index contributed by atoms with van der Waals surface area (Å²) < 4.78 is 5.37. The lowest BCUT2D eigenvalue weighted by atomic mass is 9.76. The van der Waals surface area contributed by atoms with Crippen LogP contribution in [0.5, 0.6) is 0 Å². The highest BCUT2D eigenvalue weighted by molar-refractivity contribution is 5.94. The fourth-order valence-electron chi connectivity index (χ4n) is 5.94. The number of pyridine rings is 1. The molecule has 174 valence electrons. The first kappa shape index (κ1) is 21.6. The second kappa shape index (κ2) is 9.75. The maximum atomic E-state index is 12.5. The molecule has 5 heterocycles. The molecule has 4 aliphatic heterocycles. The van der Waals surface area contributed by atoms with Gasteiger partial charge in [-0.3, -0.25) is 14.5 Å². The van der Waals surface area contributed by atoms with E-state index in [1.165, 1.54) is 6.42 Å². The summed E-state index contributed by atoms with van der Waals surface area (Å²) >= 11 is 0. The third-order valence-corrected chi connectivity index (χ3v) is 7.55. The van der Waals surface area contributed by atoms with Crippen molar-refractivity contribution in [1.82, 2.24) is 20.1 Å². The Morgan fingerprint density at radius 1 is 1.19 bits per heavy atom. The molecule has 8 nitrogen and oxygen atoms in total. The number of hydrogen-bond donors (Lipinski definition) is 1. The van der Waals surface area contributed by atoms with Crippen LogP contribution in [0.2, 0.25) is 0 Å². The Labute approximate surface area is 190 Å². The molecule has 0 radical (unpaired) electrons. The molecule has 1 N–H and O–H groups in total. The number of rotatable bonds is 6. The van der Waals surface area contributed by atoms with E-state index >= 15 is 0 Å². The fourth-order valence-corrected chi connectivity index (χ4v) is 5.94. The van der Waals surface area contributed by atoms with Gasteiger partial charge in [0.25, 0.3) is 5.91 Å². The Balaban J connectivity index is 1.12. The molecule has 5 rings (SSSR count). The van der Waals surface area contributed by atoms with Gasteiger partial charge in [0.1, 0.15) is 5.82 Å². The number of aromatic nitrogens is 1. The zero-order valence-electron chi connectivity index (χ0n) is 18.9. The average Bonchev–Trinajstić information content (AvgIpc) is 2.83. The van der Waals surface area contributed by atoms with E-state index in [-0.39, 0.29) is 5.91 Å². The van der Waals surface area contributed by atoms with Crippen molar-refractivity contribution in [2.75, 3.05) is 63.9 Å². The lowest BCUT2D eigenvalue weighted by Crippen LogP contribution is -2.60. The first-order valence-corrected chi connectivity index (χ1v) is 12.3. The number of ether oxygens (including phenoxy) is 1. The summed E-state index contributed by atoms with van der Waals surface area (Å²) in [6.07, 6.45) is 6.74. The molecule has 4 aliphatic rings. The predicted molar refractivity (Wildman–Crippen MR) is 122 cm³/mol. The Kier molecular flexibility index (Phi) is 6.59. The molecule has 4 saturated heterocycles. The maximum absolute atomic E-state index is 12.5. The number of anilines is 1. The molecule has 8 heteroatoms. The molecule has 2 bridgehead atoms. The highest BCUT2D eigenvalue weighted by atomic mass is 16.5. The van der Waals surface area contributed by atoms with Crippen molar-refractivity contribution in [2.24, 2.45) is 11.8 Å². The maximum Gasteiger partial charge on any atom is 0.252 e. The van der Waals surface area contributed by atoms with Gasteiger partial charge in [-0.25, -0.2) is 4.98 Å². The summed E-state index contributed by atoms with van der Waals surface area (Å²) in [5, 5.41) is 3.02. The molecule has 4 fully saturated rings. The molecule has 2 unspecified atom stereocenters. The van der Waals surface area contributed by atoms with Crippen molar-refractivity contribution in [1.29, 1.82) is 0 Å². The van der Waals surface area contributed by atoms with Crippen molar-refractivity contribution >= 4 is 17.6 Å². The van der Waals surface area contributed by atoms with Gasteiger partial charge < -0.3 is 19.9 Å². The summed E-state index contributed by atoms with van der Waals surface area (Å²) in [5.74, 6) is 2.28. The predicted octanol–water partition coefficient (Wildman–Crippen LogP) is 1.37. The number of carbonyl (C=O) groups excluding carboxylic acids is 2. The Hall–Kier alpha value is -2.19. The second-order valence-corrected chi connectivity index (χ2v) is 9.74. The standard InChI is InChI=1S/C24H35N5O3/c30-23-4-1-3-21-20-13-18(16-29(21)23)15-28(17-20)22-6-5-19(14-26-22)24(31)25-7-2-8-27-9-11-32-12-10-27/h5-6,14,18,20-21H,1-4,7-13,15-17H2,(H,25,31)/t18?,20?,21-/m1/s1. The van der Waals surface area contributed by atoms with Crippen LogP contribution in [-0.2, 0) is 9.53 Å². The Bertz CT molecular complexity index is 810. The highest BCUT2D eigenvalue weighted by Gasteiger charge is 2.44. The van der Waals surface area contributed by atoms with Crippen LogP contribution in [0, 0.1) is 11.8 Å². The topological polar surface area (TPSA) is 78.0 Å². The number of nitrogens with zero attached hydrogens (tertiary/aromatic N) is 4. The number of nitrogens with one attached hydrogen (secondary N) is 1. The molecule has 0 aromatic carbocycles. The Morgan fingerprint density at radius 2 is 2.06 bits per heavy atom. The van der Waals surface area contributed by atoms with Crippen LogP contribution < -0.4 is 10.2 Å². The van der Waals surface area contributed by atoms with Gasteiger partial charge in [0.05, 0.1) is 18.8 Å². The van der Waals surface area contributed by atoms with Crippen LogP contribution in [0.3, 0.4) is 0 Å². The molecule has 32 heavy (non-hydrogen) atoms. The van der Waals surface area contributed by atoms with Crippen LogP contribution in [-0.4, -0.2) is 91.7 Å². The van der Waals surface area contributed by atoms with Gasteiger partial charge in [0.2, 0.25) is 5.91 Å². The zero-order valence-corrected chi connectivity index (χ0v) is 18.9. The van der Waals surface area contributed by atoms with Crippen molar-refractivity contribution in [3.05, 3.63) is 23.9 Å². The van der Waals surface area contributed by atoms with Crippen LogP contribution in [0.25, 0.3) is 0 Å². The second-order valence-electron chi connectivity index (χ2n) is 9.74. The van der Waals surface area contributed by atoms with E-state index in [1.807, 2.05) is 12.1 Å².